The molecular formula is C13H20ClN. The number of hydrogen-bond donors (Lipinski definition) is 1. The predicted molar refractivity (Wildman–Crippen MR) is 63.9 cm³/mol. The highest BCUT2D eigenvalue weighted by Gasteiger charge is 2.50. The molecule has 1 N–H and O–H groups in total. The number of rotatable bonds is 3. The van der Waals surface area contributed by atoms with E-state index in [0.717, 1.165) is 24.3 Å². The first-order chi connectivity index (χ1) is 7.30. The van der Waals surface area contributed by atoms with Crippen molar-refractivity contribution >= 4 is 11.6 Å². The zero-order chi connectivity index (χ0) is 10.3. The minimum atomic E-state index is 0.491. The fourth-order valence-corrected chi connectivity index (χ4v) is 4.74. The molecule has 1 nitrogen and oxygen atoms in total. The van der Waals surface area contributed by atoms with Crippen molar-refractivity contribution in [1.82, 2.24) is 5.32 Å². The van der Waals surface area contributed by atoms with Crippen LogP contribution in [0.25, 0.3) is 0 Å². The number of halogens is 1. The van der Waals surface area contributed by atoms with Gasteiger partial charge in [0.2, 0.25) is 0 Å². The van der Waals surface area contributed by atoms with Crippen molar-refractivity contribution in [3.05, 3.63) is 11.6 Å². The molecule has 15 heavy (non-hydrogen) atoms. The highest BCUT2D eigenvalue weighted by molar-refractivity contribution is 6.25. The van der Waals surface area contributed by atoms with Gasteiger partial charge in [-0.25, -0.2) is 0 Å². The molecule has 4 fully saturated rings. The molecule has 0 spiro atoms. The average Bonchev–Trinajstić information content (AvgIpc) is 2.15. The van der Waals surface area contributed by atoms with Gasteiger partial charge in [0.1, 0.15) is 0 Å². The molecule has 4 aliphatic rings. The predicted octanol–water partition coefficient (Wildman–Crippen LogP) is 3.30. The van der Waals surface area contributed by atoms with Crippen LogP contribution in [0.3, 0.4) is 0 Å². The van der Waals surface area contributed by atoms with Crippen LogP contribution in [0.1, 0.15) is 38.5 Å². The molecule has 0 amide bonds. The Morgan fingerprint density at radius 1 is 1.07 bits per heavy atom. The molecule has 4 bridgehead atoms. The lowest BCUT2D eigenvalue weighted by Crippen LogP contribution is -2.58. The summed E-state index contributed by atoms with van der Waals surface area (Å²) in [6, 6.07) is 0. The second kappa shape index (κ2) is 3.78. The van der Waals surface area contributed by atoms with Gasteiger partial charge in [-0.3, -0.25) is 0 Å². The van der Waals surface area contributed by atoms with Gasteiger partial charge in [-0.2, -0.15) is 0 Å². The minimum Gasteiger partial charge on any atom is -0.308 e. The molecule has 2 heteroatoms. The fraction of sp³-hybridized carbons (Fsp3) is 0.846. The van der Waals surface area contributed by atoms with Crippen LogP contribution < -0.4 is 5.32 Å². The van der Waals surface area contributed by atoms with E-state index in [4.69, 9.17) is 11.6 Å². The molecule has 0 heterocycles. The van der Waals surface area contributed by atoms with Gasteiger partial charge in [0, 0.05) is 17.6 Å². The summed E-state index contributed by atoms with van der Waals surface area (Å²) in [6.45, 7) is 0.954. The summed E-state index contributed by atoms with van der Waals surface area (Å²) in [5.74, 6) is 3.09. The number of hydrogen-bond acceptors (Lipinski definition) is 1. The van der Waals surface area contributed by atoms with Crippen molar-refractivity contribution in [1.29, 1.82) is 0 Å². The summed E-state index contributed by atoms with van der Waals surface area (Å²) >= 11 is 5.57. The van der Waals surface area contributed by atoms with Crippen molar-refractivity contribution in [2.75, 3.05) is 6.54 Å². The molecule has 0 aliphatic heterocycles. The van der Waals surface area contributed by atoms with Crippen LogP contribution in [0.5, 0.6) is 0 Å². The van der Waals surface area contributed by atoms with Crippen molar-refractivity contribution in [2.24, 2.45) is 17.8 Å². The van der Waals surface area contributed by atoms with E-state index in [0.29, 0.717) is 5.54 Å². The topological polar surface area (TPSA) is 12.0 Å². The third-order valence-corrected chi connectivity index (χ3v) is 4.90. The van der Waals surface area contributed by atoms with E-state index in [9.17, 15) is 0 Å². The van der Waals surface area contributed by atoms with Gasteiger partial charge >= 0.3 is 0 Å². The third kappa shape index (κ3) is 1.85. The SMILES string of the molecule is Cl/C=C/CNC12CC3CC(CC(C3)C1)C2. The Balaban J connectivity index is 1.70. The lowest BCUT2D eigenvalue weighted by Gasteiger charge is -2.57. The van der Waals surface area contributed by atoms with E-state index in [2.05, 4.69) is 5.32 Å². The molecular weight excluding hydrogens is 206 g/mol. The Hall–Kier alpha value is -0.0100. The Labute approximate surface area is 97.3 Å². The van der Waals surface area contributed by atoms with Gasteiger partial charge in [-0.1, -0.05) is 17.7 Å². The second-order valence-electron chi connectivity index (χ2n) is 5.94. The van der Waals surface area contributed by atoms with Crippen LogP contribution in [-0.2, 0) is 0 Å². The maximum atomic E-state index is 5.57. The van der Waals surface area contributed by atoms with Crippen LogP contribution in [0.4, 0.5) is 0 Å². The molecule has 0 aromatic carbocycles. The van der Waals surface area contributed by atoms with Crippen molar-refractivity contribution in [3.63, 3.8) is 0 Å². The van der Waals surface area contributed by atoms with E-state index in [1.807, 2.05) is 6.08 Å². The van der Waals surface area contributed by atoms with Gasteiger partial charge in [-0.05, 0) is 56.3 Å². The van der Waals surface area contributed by atoms with E-state index < -0.39 is 0 Å². The van der Waals surface area contributed by atoms with Crippen LogP contribution in [0.2, 0.25) is 0 Å². The summed E-state index contributed by atoms with van der Waals surface area (Å²) in [6.07, 6.45) is 10.9. The van der Waals surface area contributed by atoms with Gasteiger partial charge in [0.05, 0.1) is 0 Å². The average molecular weight is 226 g/mol. The highest BCUT2D eigenvalue weighted by atomic mass is 35.5. The Bertz CT molecular complexity index is 236. The third-order valence-electron chi connectivity index (χ3n) is 4.72. The first-order valence-corrected chi connectivity index (χ1v) is 6.73. The first kappa shape index (κ1) is 10.2. The summed E-state index contributed by atoms with van der Waals surface area (Å²) in [5, 5.41) is 3.76. The molecule has 4 aliphatic carbocycles. The van der Waals surface area contributed by atoms with Gasteiger partial charge in [0.15, 0.2) is 0 Å². The standard InChI is InChI=1S/C13H20ClN/c14-2-1-3-15-13-7-10-4-11(8-13)6-12(5-10)9-13/h1-2,10-12,15H,3-9H2/b2-1+. The van der Waals surface area contributed by atoms with Crippen molar-refractivity contribution in [3.8, 4) is 0 Å². The molecule has 0 atom stereocenters. The molecule has 4 saturated carbocycles. The van der Waals surface area contributed by atoms with Gasteiger partial charge < -0.3 is 5.32 Å². The highest BCUT2D eigenvalue weighted by Crippen LogP contribution is 2.55. The second-order valence-corrected chi connectivity index (χ2v) is 6.19. The maximum Gasteiger partial charge on any atom is 0.0192 e. The van der Waals surface area contributed by atoms with Gasteiger partial charge in [-0.15, -0.1) is 0 Å². The molecule has 4 rings (SSSR count). The quantitative estimate of drug-likeness (QED) is 0.777. The van der Waals surface area contributed by atoms with Crippen molar-refractivity contribution < 1.29 is 0 Å². The van der Waals surface area contributed by atoms with E-state index in [1.165, 1.54) is 38.5 Å². The lowest BCUT2D eigenvalue weighted by molar-refractivity contribution is -0.0178. The molecule has 0 aromatic heterocycles. The van der Waals surface area contributed by atoms with Crippen LogP contribution in [0.15, 0.2) is 11.6 Å². The summed E-state index contributed by atoms with van der Waals surface area (Å²) in [5.41, 5.74) is 2.12. The molecule has 84 valence electrons. The summed E-state index contributed by atoms with van der Waals surface area (Å²) in [7, 11) is 0. The maximum absolute atomic E-state index is 5.57. The molecule has 0 saturated heterocycles. The normalized spacial score (nSPS) is 47.9. The van der Waals surface area contributed by atoms with E-state index in [-0.39, 0.29) is 0 Å². The Morgan fingerprint density at radius 2 is 1.60 bits per heavy atom. The smallest absolute Gasteiger partial charge is 0.0192 e. The number of nitrogens with one attached hydrogen (secondary N) is 1. The monoisotopic (exact) mass is 225 g/mol. The molecule has 0 aromatic rings. The van der Waals surface area contributed by atoms with Crippen LogP contribution in [0, 0.1) is 17.8 Å². The van der Waals surface area contributed by atoms with E-state index in [1.54, 1.807) is 5.54 Å². The fourth-order valence-electron chi connectivity index (χ4n) is 4.65. The van der Waals surface area contributed by atoms with E-state index >= 15 is 0 Å². The van der Waals surface area contributed by atoms with Crippen LogP contribution in [-0.4, -0.2) is 12.1 Å². The zero-order valence-corrected chi connectivity index (χ0v) is 9.97. The first-order valence-electron chi connectivity index (χ1n) is 6.30. The summed E-state index contributed by atoms with van der Waals surface area (Å²) in [4.78, 5) is 0. The Kier molecular flexibility index (Phi) is 2.56. The Morgan fingerprint density at radius 3 is 2.07 bits per heavy atom. The molecule has 0 radical (unpaired) electrons. The minimum absolute atomic E-state index is 0.491. The largest absolute Gasteiger partial charge is 0.308 e. The van der Waals surface area contributed by atoms with Crippen molar-refractivity contribution in [2.45, 2.75) is 44.1 Å². The lowest BCUT2D eigenvalue weighted by atomic mass is 9.53. The van der Waals surface area contributed by atoms with Gasteiger partial charge in [0.25, 0.3) is 0 Å². The summed E-state index contributed by atoms with van der Waals surface area (Å²) < 4.78 is 0. The zero-order valence-electron chi connectivity index (χ0n) is 9.21. The van der Waals surface area contributed by atoms with Crippen LogP contribution >= 0.6 is 11.6 Å². The molecule has 0 unspecified atom stereocenters.